The summed E-state index contributed by atoms with van der Waals surface area (Å²) in [5.74, 6) is -0.689. The van der Waals surface area contributed by atoms with Gasteiger partial charge in [-0.25, -0.2) is 0 Å². The van der Waals surface area contributed by atoms with Gasteiger partial charge in [0.05, 0.1) is 0 Å². The zero-order valence-corrected chi connectivity index (χ0v) is 7.92. The molecule has 0 rings (SSSR count). The summed E-state index contributed by atoms with van der Waals surface area (Å²) in [5.41, 5.74) is 0. The second-order valence-electron chi connectivity index (χ2n) is 1.63. The second-order valence-corrected chi connectivity index (χ2v) is 2.53. The standard InChI is InChI=1S/2C3H6O2.Pd/c2*1-2-3(4)5;/h2*2H2,1H3,(H,4,5);/q;;+2/p-2. The van der Waals surface area contributed by atoms with Crippen molar-refractivity contribution in [2.45, 2.75) is 26.7 Å². The van der Waals surface area contributed by atoms with E-state index in [4.69, 9.17) is 0 Å². The van der Waals surface area contributed by atoms with Crippen molar-refractivity contribution in [3.63, 3.8) is 0 Å². The monoisotopic (exact) mass is 252 g/mol. The van der Waals surface area contributed by atoms with E-state index in [-0.39, 0.29) is 11.9 Å². The molecule has 0 saturated carbocycles. The van der Waals surface area contributed by atoms with E-state index in [9.17, 15) is 9.59 Å². The SMILES string of the molecule is CCC(=O)[O][Pd][O]C(=O)CC. The van der Waals surface area contributed by atoms with E-state index in [1.165, 1.54) is 0 Å². The van der Waals surface area contributed by atoms with Crippen LogP contribution in [0.3, 0.4) is 0 Å². The molecule has 0 bridgehead atoms. The Hall–Kier alpha value is -0.398. The zero-order valence-electron chi connectivity index (χ0n) is 6.36. The van der Waals surface area contributed by atoms with Crippen LogP contribution in [0.25, 0.3) is 0 Å². The Morgan fingerprint density at radius 2 is 1.45 bits per heavy atom. The van der Waals surface area contributed by atoms with Gasteiger partial charge in [-0.2, -0.15) is 0 Å². The molecule has 0 aromatic carbocycles. The molecule has 0 aliphatic carbocycles. The van der Waals surface area contributed by atoms with Crippen LogP contribution in [0.15, 0.2) is 0 Å². The van der Waals surface area contributed by atoms with Crippen molar-refractivity contribution in [3.05, 3.63) is 0 Å². The second kappa shape index (κ2) is 6.32. The molecule has 0 unspecified atom stereocenters. The summed E-state index contributed by atoms with van der Waals surface area (Å²) in [6.45, 7) is 3.36. The predicted molar refractivity (Wildman–Crippen MR) is 32.8 cm³/mol. The molecule has 0 aromatic heterocycles. The Morgan fingerprint density at radius 3 is 1.73 bits per heavy atom. The predicted octanol–water partition coefficient (Wildman–Crippen LogP) is 0.805. The maximum atomic E-state index is 10.5. The van der Waals surface area contributed by atoms with Gasteiger partial charge in [0.1, 0.15) is 0 Å². The quantitative estimate of drug-likeness (QED) is 0.695. The van der Waals surface area contributed by atoms with Crippen LogP contribution in [0.2, 0.25) is 0 Å². The van der Waals surface area contributed by atoms with Crippen LogP contribution >= 0.6 is 0 Å². The molecule has 0 aromatic rings. The number of rotatable bonds is 4. The third-order valence-corrected chi connectivity index (χ3v) is 1.74. The third kappa shape index (κ3) is 6.02. The molecule has 0 radical (unpaired) electrons. The maximum absolute atomic E-state index is 10.5. The Kier molecular flexibility index (Phi) is 6.09. The molecule has 0 atom stereocenters. The molecule has 0 fully saturated rings. The molecule has 0 aliphatic heterocycles. The number of carbonyl (C=O) groups is 2. The summed E-state index contributed by atoms with van der Waals surface area (Å²) in [5, 5.41) is 0. The fraction of sp³-hybridized carbons (Fsp3) is 0.667. The van der Waals surface area contributed by atoms with Crippen molar-refractivity contribution in [3.8, 4) is 0 Å². The van der Waals surface area contributed by atoms with Gasteiger partial charge in [-0.1, -0.05) is 0 Å². The van der Waals surface area contributed by atoms with Crippen LogP contribution < -0.4 is 0 Å². The van der Waals surface area contributed by atoms with Gasteiger partial charge in [-0.15, -0.1) is 0 Å². The summed E-state index contributed by atoms with van der Waals surface area (Å²) in [4.78, 5) is 21.0. The Labute approximate surface area is 74.3 Å². The Balaban J connectivity index is 3.27. The molecule has 4 nitrogen and oxygen atoms in total. The van der Waals surface area contributed by atoms with Gasteiger partial charge in [0.15, 0.2) is 0 Å². The van der Waals surface area contributed by atoms with Crippen LogP contribution in [0.4, 0.5) is 0 Å². The number of hydrogen-bond donors (Lipinski definition) is 0. The van der Waals surface area contributed by atoms with Crippen molar-refractivity contribution in [2.75, 3.05) is 0 Å². The molecule has 0 aliphatic rings. The van der Waals surface area contributed by atoms with Gasteiger partial charge < -0.3 is 0 Å². The average Bonchev–Trinajstić information content (AvgIpc) is 2.04. The molecule has 5 heteroatoms. The summed E-state index contributed by atoms with van der Waals surface area (Å²) in [6.07, 6.45) is 0.616. The van der Waals surface area contributed by atoms with E-state index >= 15 is 0 Å². The van der Waals surface area contributed by atoms with Gasteiger partial charge in [0.2, 0.25) is 0 Å². The van der Waals surface area contributed by atoms with Crippen LogP contribution in [-0.2, 0) is 35.2 Å². The Bertz CT molecular complexity index is 130. The van der Waals surface area contributed by atoms with Crippen molar-refractivity contribution in [1.29, 1.82) is 0 Å². The molecule has 0 amide bonds. The Morgan fingerprint density at radius 1 is 1.09 bits per heavy atom. The minimum absolute atomic E-state index is 0.308. The van der Waals surface area contributed by atoms with Crippen molar-refractivity contribution < 1.29 is 35.2 Å². The molecule has 0 heterocycles. The summed E-state index contributed by atoms with van der Waals surface area (Å²) >= 11 is -0.675. The minimum atomic E-state index is -0.675. The van der Waals surface area contributed by atoms with E-state index in [0.717, 1.165) is 0 Å². The molecular formula is C6H10O4Pd. The van der Waals surface area contributed by atoms with Gasteiger partial charge in [0, 0.05) is 0 Å². The van der Waals surface area contributed by atoms with Crippen LogP contribution in [-0.4, -0.2) is 11.9 Å². The summed E-state index contributed by atoms with van der Waals surface area (Å²) in [7, 11) is 0. The average molecular weight is 253 g/mol. The molecule has 0 saturated heterocycles. The molecular weight excluding hydrogens is 242 g/mol. The molecule has 68 valence electrons. The van der Waals surface area contributed by atoms with Crippen LogP contribution in [0.5, 0.6) is 0 Å². The van der Waals surface area contributed by atoms with Crippen molar-refractivity contribution in [2.24, 2.45) is 0 Å². The fourth-order valence-corrected chi connectivity index (χ4v) is 0.966. The van der Waals surface area contributed by atoms with Gasteiger partial charge in [0.25, 0.3) is 0 Å². The van der Waals surface area contributed by atoms with Gasteiger partial charge >= 0.3 is 73.9 Å². The first-order valence-corrected chi connectivity index (χ1v) is 4.47. The first kappa shape index (κ1) is 10.6. The molecule has 0 spiro atoms. The van der Waals surface area contributed by atoms with Gasteiger partial charge in [-0.3, -0.25) is 0 Å². The van der Waals surface area contributed by atoms with Crippen molar-refractivity contribution in [1.82, 2.24) is 0 Å². The van der Waals surface area contributed by atoms with Crippen LogP contribution in [0.1, 0.15) is 26.7 Å². The van der Waals surface area contributed by atoms with E-state index in [0.29, 0.717) is 12.8 Å². The van der Waals surface area contributed by atoms with E-state index < -0.39 is 18.7 Å². The molecule has 11 heavy (non-hydrogen) atoms. The summed E-state index contributed by atoms with van der Waals surface area (Å²) < 4.78 is 9.06. The first-order chi connectivity index (χ1) is 5.20. The zero-order chi connectivity index (χ0) is 8.69. The first-order valence-electron chi connectivity index (χ1n) is 3.20. The third-order valence-electron chi connectivity index (χ3n) is 0.774. The van der Waals surface area contributed by atoms with E-state index in [1.807, 2.05) is 0 Å². The fourth-order valence-electron chi connectivity index (χ4n) is 0.163. The normalized spacial score (nSPS) is 9.27. The van der Waals surface area contributed by atoms with E-state index in [2.05, 4.69) is 6.92 Å². The van der Waals surface area contributed by atoms with Crippen molar-refractivity contribution >= 4 is 11.9 Å². The van der Waals surface area contributed by atoms with E-state index in [1.54, 1.807) is 13.8 Å². The number of hydrogen-bond acceptors (Lipinski definition) is 4. The number of carbonyl (C=O) groups excluding carboxylic acids is 2. The van der Waals surface area contributed by atoms with Gasteiger partial charge in [-0.05, 0) is 0 Å². The molecule has 0 N–H and O–H groups in total. The van der Waals surface area contributed by atoms with Crippen LogP contribution in [0, 0.1) is 0 Å². The summed E-state index contributed by atoms with van der Waals surface area (Å²) in [6, 6.07) is 0. The topological polar surface area (TPSA) is 52.6 Å².